The van der Waals surface area contributed by atoms with E-state index in [4.69, 9.17) is 9.31 Å². The van der Waals surface area contributed by atoms with Crippen molar-refractivity contribution in [1.82, 2.24) is 4.90 Å². The van der Waals surface area contributed by atoms with E-state index < -0.39 is 0 Å². The molecular formula is C22H26BNO3. The Labute approximate surface area is 161 Å². The second-order valence-corrected chi connectivity index (χ2v) is 8.47. The summed E-state index contributed by atoms with van der Waals surface area (Å²) in [7, 11) is -0.382. The lowest BCUT2D eigenvalue weighted by Gasteiger charge is -2.32. The Morgan fingerprint density at radius 1 is 1.00 bits per heavy atom. The van der Waals surface area contributed by atoms with Crippen LogP contribution in [0, 0.1) is 0 Å². The van der Waals surface area contributed by atoms with E-state index in [9.17, 15) is 4.79 Å². The average Bonchev–Trinajstić information content (AvgIpc) is 2.86. The first-order valence-corrected chi connectivity index (χ1v) is 9.58. The summed E-state index contributed by atoms with van der Waals surface area (Å²) in [5, 5.41) is 0. The highest BCUT2D eigenvalue weighted by Crippen LogP contribution is 2.36. The fourth-order valence-electron chi connectivity index (χ4n) is 3.66. The van der Waals surface area contributed by atoms with Gasteiger partial charge in [0.15, 0.2) is 0 Å². The van der Waals surface area contributed by atoms with Crippen molar-refractivity contribution in [1.29, 1.82) is 0 Å². The number of carbonyl (C=O) groups is 1. The largest absolute Gasteiger partial charge is 0.494 e. The molecule has 1 saturated heterocycles. The molecule has 2 aliphatic rings. The molecule has 0 unspecified atom stereocenters. The first-order chi connectivity index (χ1) is 12.8. The highest BCUT2D eigenvalue weighted by Gasteiger charge is 2.51. The summed E-state index contributed by atoms with van der Waals surface area (Å²) in [5.74, 6) is 0.109. The van der Waals surface area contributed by atoms with Crippen molar-refractivity contribution in [2.75, 3.05) is 6.54 Å². The van der Waals surface area contributed by atoms with Gasteiger partial charge in [0, 0.05) is 18.7 Å². The van der Waals surface area contributed by atoms with E-state index >= 15 is 0 Å². The van der Waals surface area contributed by atoms with Crippen LogP contribution in [0.5, 0.6) is 0 Å². The van der Waals surface area contributed by atoms with Crippen molar-refractivity contribution in [2.45, 2.75) is 51.9 Å². The zero-order chi connectivity index (χ0) is 19.2. The van der Waals surface area contributed by atoms with Gasteiger partial charge in [0.2, 0.25) is 0 Å². The molecule has 0 N–H and O–H groups in total. The summed E-state index contributed by atoms with van der Waals surface area (Å²) in [4.78, 5) is 14.7. The number of amides is 1. The molecule has 1 fully saturated rings. The molecule has 2 aliphatic heterocycles. The molecule has 140 valence electrons. The molecular weight excluding hydrogens is 337 g/mol. The van der Waals surface area contributed by atoms with Crippen molar-refractivity contribution in [3.05, 3.63) is 65.2 Å². The maximum Gasteiger partial charge on any atom is 0.494 e. The van der Waals surface area contributed by atoms with Crippen LogP contribution in [-0.2, 0) is 22.3 Å². The van der Waals surface area contributed by atoms with Crippen LogP contribution < -0.4 is 5.46 Å². The van der Waals surface area contributed by atoms with Crippen LogP contribution in [0.4, 0.5) is 0 Å². The summed E-state index contributed by atoms with van der Waals surface area (Å²) < 4.78 is 12.3. The molecule has 0 saturated carbocycles. The number of hydrogen-bond acceptors (Lipinski definition) is 3. The lowest BCUT2D eigenvalue weighted by atomic mass is 9.78. The monoisotopic (exact) mass is 363 g/mol. The molecule has 1 amide bonds. The van der Waals surface area contributed by atoms with Crippen molar-refractivity contribution < 1.29 is 14.1 Å². The van der Waals surface area contributed by atoms with E-state index in [-0.39, 0.29) is 24.2 Å². The first kappa shape index (κ1) is 18.3. The van der Waals surface area contributed by atoms with E-state index in [1.165, 1.54) is 0 Å². The molecule has 4 rings (SSSR count). The van der Waals surface area contributed by atoms with Gasteiger partial charge in [-0.1, -0.05) is 42.5 Å². The maximum absolute atomic E-state index is 12.8. The van der Waals surface area contributed by atoms with Crippen molar-refractivity contribution in [3.63, 3.8) is 0 Å². The molecule has 5 heteroatoms. The minimum absolute atomic E-state index is 0.109. The van der Waals surface area contributed by atoms with E-state index in [1.807, 2.05) is 41.3 Å². The number of hydrogen-bond donors (Lipinski definition) is 0. The molecule has 0 aliphatic carbocycles. The minimum atomic E-state index is -0.382. The predicted molar refractivity (Wildman–Crippen MR) is 107 cm³/mol. The van der Waals surface area contributed by atoms with Crippen LogP contribution >= 0.6 is 0 Å². The number of nitrogens with zero attached hydrogens (tertiary/aromatic N) is 1. The van der Waals surface area contributed by atoms with Crippen LogP contribution in [0.1, 0.15) is 49.2 Å². The summed E-state index contributed by atoms with van der Waals surface area (Å²) >= 11 is 0. The molecule has 0 radical (unpaired) electrons. The predicted octanol–water partition coefficient (Wildman–Crippen LogP) is 3.18. The number of rotatable bonds is 3. The third kappa shape index (κ3) is 3.30. The van der Waals surface area contributed by atoms with Gasteiger partial charge in [0.1, 0.15) is 0 Å². The van der Waals surface area contributed by atoms with Crippen molar-refractivity contribution in [3.8, 4) is 0 Å². The molecule has 2 heterocycles. The van der Waals surface area contributed by atoms with Gasteiger partial charge in [-0.25, -0.2) is 0 Å². The molecule has 0 spiro atoms. The van der Waals surface area contributed by atoms with Gasteiger partial charge in [0.05, 0.1) is 11.2 Å². The lowest BCUT2D eigenvalue weighted by Crippen LogP contribution is -2.41. The molecule has 2 aromatic carbocycles. The molecule has 0 atom stereocenters. The van der Waals surface area contributed by atoms with E-state index in [0.717, 1.165) is 35.1 Å². The Hall–Kier alpha value is -2.11. The summed E-state index contributed by atoms with van der Waals surface area (Å²) in [6.45, 7) is 9.57. The van der Waals surface area contributed by atoms with Crippen LogP contribution in [-0.4, -0.2) is 35.7 Å². The van der Waals surface area contributed by atoms with Crippen LogP contribution in [0.15, 0.2) is 48.5 Å². The van der Waals surface area contributed by atoms with Crippen molar-refractivity contribution in [2.24, 2.45) is 0 Å². The van der Waals surface area contributed by atoms with Crippen LogP contribution in [0.25, 0.3) is 0 Å². The fraction of sp³-hybridized carbons (Fsp3) is 0.409. The Kier molecular flexibility index (Phi) is 4.40. The number of benzene rings is 2. The Balaban J connectivity index is 1.52. The Morgan fingerprint density at radius 2 is 1.70 bits per heavy atom. The SMILES string of the molecule is CC1(C)OB(c2cccc(CN3CCc4ccccc4C3=O)c2)OC1(C)C. The normalized spacial score (nSPS) is 20.7. The van der Waals surface area contributed by atoms with Crippen LogP contribution in [0.3, 0.4) is 0 Å². The van der Waals surface area contributed by atoms with Gasteiger partial charge < -0.3 is 14.2 Å². The van der Waals surface area contributed by atoms with E-state index in [1.54, 1.807) is 0 Å². The molecule has 2 aromatic rings. The van der Waals surface area contributed by atoms with Crippen LogP contribution in [0.2, 0.25) is 0 Å². The molecule has 4 nitrogen and oxygen atoms in total. The quantitative estimate of drug-likeness (QED) is 0.787. The van der Waals surface area contributed by atoms with Gasteiger partial charge in [-0.2, -0.15) is 0 Å². The maximum atomic E-state index is 12.8. The second kappa shape index (κ2) is 6.50. The smallest absolute Gasteiger partial charge is 0.399 e. The van der Waals surface area contributed by atoms with Gasteiger partial charge in [-0.3, -0.25) is 4.79 Å². The molecule has 0 aromatic heterocycles. The third-order valence-corrected chi connectivity index (χ3v) is 6.04. The number of fused-ring (bicyclic) bond motifs is 1. The summed E-state index contributed by atoms with van der Waals surface area (Å²) in [6.07, 6.45) is 0.902. The summed E-state index contributed by atoms with van der Waals surface area (Å²) in [5.41, 5.74) is 3.34. The second-order valence-electron chi connectivity index (χ2n) is 8.47. The zero-order valence-corrected chi connectivity index (χ0v) is 16.5. The lowest BCUT2D eigenvalue weighted by molar-refractivity contribution is 0.00578. The highest BCUT2D eigenvalue weighted by molar-refractivity contribution is 6.62. The standard InChI is InChI=1S/C22H26BNO3/c1-21(2)22(3,4)27-23(26-21)18-10-7-8-16(14-18)15-24-13-12-17-9-5-6-11-19(17)20(24)25/h5-11,14H,12-13,15H2,1-4H3. The minimum Gasteiger partial charge on any atom is -0.399 e. The number of carbonyl (C=O) groups excluding carboxylic acids is 1. The molecule has 27 heavy (non-hydrogen) atoms. The Morgan fingerprint density at radius 3 is 2.44 bits per heavy atom. The zero-order valence-electron chi connectivity index (χ0n) is 16.5. The van der Waals surface area contributed by atoms with Gasteiger partial charge >= 0.3 is 7.12 Å². The summed E-state index contributed by atoms with van der Waals surface area (Å²) in [6, 6.07) is 16.1. The Bertz CT molecular complexity index is 861. The molecule has 0 bridgehead atoms. The van der Waals surface area contributed by atoms with Crippen molar-refractivity contribution >= 4 is 18.5 Å². The third-order valence-electron chi connectivity index (χ3n) is 6.04. The topological polar surface area (TPSA) is 38.8 Å². The van der Waals surface area contributed by atoms with E-state index in [2.05, 4.69) is 39.8 Å². The van der Waals surface area contributed by atoms with Gasteiger partial charge in [0.25, 0.3) is 5.91 Å². The average molecular weight is 363 g/mol. The highest BCUT2D eigenvalue weighted by atomic mass is 16.7. The van der Waals surface area contributed by atoms with Gasteiger partial charge in [-0.15, -0.1) is 0 Å². The van der Waals surface area contributed by atoms with Gasteiger partial charge in [-0.05, 0) is 56.8 Å². The first-order valence-electron chi connectivity index (χ1n) is 9.58. The van der Waals surface area contributed by atoms with E-state index in [0.29, 0.717) is 6.54 Å². The fourth-order valence-corrected chi connectivity index (χ4v) is 3.66.